The molecule has 1 heterocycles. The summed E-state index contributed by atoms with van der Waals surface area (Å²) in [5.74, 6) is -0.158. The van der Waals surface area contributed by atoms with Gasteiger partial charge in [-0.3, -0.25) is 0 Å². The van der Waals surface area contributed by atoms with Crippen LogP contribution in [0.3, 0.4) is 0 Å². The molecule has 6 heteroatoms. The lowest BCUT2D eigenvalue weighted by molar-refractivity contribution is 0.165. The molecule has 0 amide bonds. The molecule has 2 atom stereocenters. The van der Waals surface area contributed by atoms with Gasteiger partial charge in [0.15, 0.2) is 9.84 Å². The van der Waals surface area contributed by atoms with Crippen LogP contribution < -0.4 is 5.32 Å². The van der Waals surface area contributed by atoms with E-state index < -0.39 is 15.9 Å². The molecule has 1 aliphatic rings. The first-order valence-electron chi connectivity index (χ1n) is 5.32. The topological polar surface area (TPSA) is 66.4 Å². The van der Waals surface area contributed by atoms with E-state index in [1.165, 1.54) is 0 Å². The predicted octanol–water partition coefficient (Wildman–Crippen LogP) is 0.587. The van der Waals surface area contributed by atoms with Crippen molar-refractivity contribution in [2.75, 3.05) is 11.5 Å². The average molecular weight is 276 g/mol. The molecule has 0 spiro atoms. The maximum Gasteiger partial charge on any atom is 0.154 e. The summed E-state index contributed by atoms with van der Waals surface area (Å²) < 4.78 is 22.6. The zero-order valence-corrected chi connectivity index (χ0v) is 10.7. The highest BCUT2D eigenvalue weighted by atomic mass is 35.5. The molecular weight excluding hydrogens is 262 g/mol. The van der Waals surface area contributed by atoms with E-state index in [0.717, 1.165) is 5.56 Å². The van der Waals surface area contributed by atoms with E-state index in [4.69, 9.17) is 11.6 Å². The Labute approximate surface area is 106 Å². The molecule has 0 saturated carbocycles. The summed E-state index contributed by atoms with van der Waals surface area (Å²) in [6, 6.07) is 6.93. The third-order valence-corrected chi connectivity index (χ3v) is 4.73. The summed E-state index contributed by atoms with van der Waals surface area (Å²) in [5.41, 5.74) is 0.967. The van der Waals surface area contributed by atoms with Crippen LogP contribution in [0.25, 0.3) is 0 Å². The fraction of sp³-hybridized carbons (Fsp3) is 0.455. The van der Waals surface area contributed by atoms with Gasteiger partial charge < -0.3 is 10.4 Å². The van der Waals surface area contributed by atoms with Crippen molar-refractivity contribution >= 4 is 21.4 Å². The van der Waals surface area contributed by atoms with Gasteiger partial charge in [-0.15, -0.1) is 0 Å². The molecule has 1 aliphatic heterocycles. The number of hydrogen-bond acceptors (Lipinski definition) is 4. The minimum absolute atomic E-state index is 0.00523. The van der Waals surface area contributed by atoms with E-state index in [9.17, 15) is 13.5 Å². The minimum Gasteiger partial charge on any atom is -0.390 e. The van der Waals surface area contributed by atoms with E-state index in [1.54, 1.807) is 6.07 Å². The Morgan fingerprint density at radius 2 is 2.18 bits per heavy atom. The Kier molecular flexibility index (Phi) is 3.73. The van der Waals surface area contributed by atoms with Gasteiger partial charge in [0.05, 0.1) is 17.6 Å². The SMILES string of the molecule is O=S1(=O)C[C@H](NCc2cccc(Cl)c2)[C@@H](O)C1. The molecule has 1 saturated heterocycles. The molecule has 94 valence electrons. The largest absolute Gasteiger partial charge is 0.390 e. The Morgan fingerprint density at radius 3 is 2.76 bits per heavy atom. The normalized spacial score (nSPS) is 27.2. The number of nitrogens with one attached hydrogen (secondary N) is 1. The monoisotopic (exact) mass is 275 g/mol. The molecule has 1 aromatic rings. The first-order chi connectivity index (χ1) is 7.96. The molecule has 0 aliphatic carbocycles. The zero-order chi connectivity index (χ0) is 12.5. The van der Waals surface area contributed by atoms with Crippen molar-refractivity contribution in [3.63, 3.8) is 0 Å². The maximum atomic E-state index is 11.3. The average Bonchev–Trinajstić information content (AvgIpc) is 2.49. The van der Waals surface area contributed by atoms with Crippen molar-refractivity contribution in [3.05, 3.63) is 34.9 Å². The second-order valence-corrected chi connectivity index (χ2v) is 6.85. The molecule has 0 bridgehead atoms. The van der Waals surface area contributed by atoms with Gasteiger partial charge in [0.25, 0.3) is 0 Å². The Bertz CT molecular complexity index is 503. The summed E-state index contributed by atoms with van der Waals surface area (Å²) in [6.07, 6.45) is -0.820. The van der Waals surface area contributed by atoms with Gasteiger partial charge in [0.1, 0.15) is 0 Å². The van der Waals surface area contributed by atoms with Crippen molar-refractivity contribution < 1.29 is 13.5 Å². The van der Waals surface area contributed by atoms with Crippen LogP contribution >= 0.6 is 11.6 Å². The third-order valence-electron chi connectivity index (χ3n) is 2.78. The van der Waals surface area contributed by atoms with Crippen LogP contribution in [0.2, 0.25) is 5.02 Å². The lowest BCUT2D eigenvalue weighted by Crippen LogP contribution is -2.38. The fourth-order valence-corrected chi connectivity index (χ4v) is 3.91. The predicted molar refractivity (Wildman–Crippen MR) is 66.7 cm³/mol. The van der Waals surface area contributed by atoms with Crippen LogP contribution in [-0.2, 0) is 16.4 Å². The smallest absolute Gasteiger partial charge is 0.154 e. The molecular formula is C11H14ClNO3S. The minimum atomic E-state index is -3.10. The third kappa shape index (κ3) is 3.42. The number of benzene rings is 1. The van der Waals surface area contributed by atoms with Crippen molar-refractivity contribution in [2.24, 2.45) is 0 Å². The van der Waals surface area contributed by atoms with E-state index in [-0.39, 0.29) is 17.5 Å². The maximum absolute atomic E-state index is 11.3. The number of aliphatic hydroxyl groups is 1. The van der Waals surface area contributed by atoms with Gasteiger partial charge in [-0.1, -0.05) is 23.7 Å². The quantitative estimate of drug-likeness (QED) is 0.847. The number of sulfone groups is 1. The van der Waals surface area contributed by atoms with Crippen LogP contribution in [0, 0.1) is 0 Å². The lowest BCUT2D eigenvalue weighted by Gasteiger charge is -2.14. The van der Waals surface area contributed by atoms with E-state index in [2.05, 4.69) is 5.32 Å². The number of aliphatic hydroxyl groups excluding tert-OH is 1. The number of halogens is 1. The summed E-state index contributed by atoms with van der Waals surface area (Å²) in [4.78, 5) is 0. The van der Waals surface area contributed by atoms with Crippen molar-refractivity contribution in [1.29, 1.82) is 0 Å². The van der Waals surface area contributed by atoms with Crippen molar-refractivity contribution in [2.45, 2.75) is 18.7 Å². The first-order valence-corrected chi connectivity index (χ1v) is 7.52. The number of hydrogen-bond donors (Lipinski definition) is 2. The van der Waals surface area contributed by atoms with Crippen LogP contribution in [0.5, 0.6) is 0 Å². The zero-order valence-electron chi connectivity index (χ0n) is 9.14. The molecule has 1 fully saturated rings. The summed E-state index contributed by atoms with van der Waals surface area (Å²) in [5, 5.41) is 13.3. The van der Waals surface area contributed by atoms with Crippen LogP contribution in [0.4, 0.5) is 0 Å². The molecule has 0 aromatic heterocycles. The summed E-state index contributed by atoms with van der Waals surface area (Å²) in [6.45, 7) is 0.498. The molecule has 17 heavy (non-hydrogen) atoms. The van der Waals surface area contributed by atoms with Crippen molar-refractivity contribution in [1.82, 2.24) is 5.32 Å². The van der Waals surface area contributed by atoms with Gasteiger partial charge >= 0.3 is 0 Å². The Balaban J connectivity index is 1.95. The molecule has 1 aromatic carbocycles. The van der Waals surface area contributed by atoms with E-state index >= 15 is 0 Å². The first kappa shape index (κ1) is 12.8. The summed E-state index contributed by atoms with van der Waals surface area (Å²) in [7, 11) is -3.10. The highest BCUT2D eigenvalue weighted by molar-refractivity contribution is 7.91. The molecule has 2 N–H and O–H groups in total. The Hall–Kier alpha value is -0.620. The molecule has 2 rings (SSSR count). The molecule has 4 nitrogen and oxygen atoms in total. The standard InChI is InChI=1S/C11H14ClNO3S/c12-9-3-1-2-8(4-9)5-13-10-6-17(15,16)7-11(10)14/h1-4,10-11,13-14H,5-7H2/t10-,11-/m0/s1. The second kappa shape index (κ2) is 4.94. The summed E-state index contributed by atoms with van der Waals surface area (Å²) >= 11 is 5.84. The van der Waals surface area contributed by atoms with E-state index in [0.29, 0.717) is 11.6 Å². The van der Waals surface area contributed by atoms with Gasteiger partial charge in [-0.25, -0.2) is 8.42 Å². The molecule has 0 radical (unpaired) electrons. The van der Waals surface area contributed by atoms with Gasteiger partial charge in [-0.2, -0.15) is 0 Å². The Morgan fingerprint density at radius 1 is 1.41 bits per heavy atom. The van der Waals surface area contributed by atoms with Crippen LogP contribution in [-0.4, -0.2) is 37.2 Å². The lowest BCUT2D eigenvalue weighted by atomic mass is 10.2. The van der Waals surface area contributed by atoms with Crippen LogP contribution in [0.1, 0.15) is 5.56 Å². The fourth-order valence-electron chi connectivity index (χ4n) is 1.92. The van der Waals surface area contributed by atoms with Gasteiger partial charge in [0, 0.05) is 17.6 Å². The highest BCUT2D eigenvalue weighted by Crippen LogP contribution is 2.14. The second-order valence-electron chi connectivity index (χ2n) is 4.26. The number of rotatable bonds is 3. The highest BCUT2D eigenvalue weighted by Gasteiger charge is 2.35. The van der Waals surface area contributed by atoms with E-state index in [1.807, 2.05) is 18.2 Å². The van der Waals surface area contributed by atoms with Gasteiger partial charge in [-0.05, 0) is 17.7 Å². The van der Waals surface area contributed by atoms with Crippen molar-refractivity contribution in [3.8, 4) is 0 Å². The van der Waals surface area contributed by atoms with Gasteiger partial charge in [0.2, 0.25) is 0 Å². The molecule has 0 unspecified atom stereocenters. The van der Waals surface area contributed by atoms with Crippen LogP contribution in [0.15, 0.2) is 24.3 Å².